The van der Waals surface area contributed by atoms with Crippen LogP contribution in [0.15, 0.2) is 18.2 Å². The van der Waals surface area contributed by atoms with Crippen LogP contribution in [-0.2, 0) is 6.54 Å². The molecule has 1 aliphatic heterocycles. The molecule has 3 heteroatoms. The van der Waals surface area contributed by atoms with Gasteiger partial charge in [-0.05, 0) is 37.0 Å². The molecule has 16 heavy (non-hydrogen) atoms. The molecule has 1 aromatic rings. The molecule has 1 aliphatic rings. The average molecular weight is 240 g/mol. The molecular weight excluding hydrogens is 222 g/mol. The van der Waals surface area contributed by atoms with E-state index in [-0.39, 0.29) is 6.10 Å². The Labute approximate surface area is 102 Å². The lowest BCUT2D eigenvalue weighted by molar-refractivity contribution is 0.0792. The molecule has 0 aromatic heterocycles. The zero-order chi connectivity index (χ0) is 11.5. The summed E-state index contributed by atoms with van der Waals surface area (Å²) in [6, 6.07) is 6.03. The Morgan fingerprint density at radius 1 is 1.38 bits per heavy atom. The van der Waals surface area contributed by atoms with E-state index in [0.29, 0.717) is 0 Å². The van der Waals surface area contributed by atoms with Crippen molar-refractivity contribution in [2.75, 3.05) is 13.1 Å². The molecule has 0 saturated carbocycles. The van der Waals surface area contributed by atoms with Gasteiger partial charge in [-0.2, -0.15) is 0 Å². The maximum Gasteiger partial charge on any atom is 0.0564 e. The van der Waals surface area contributed by atoms with Gasteiger partial charge in [0.05, 0.1) is 6.10 Å². The smallest absolute Gasteiger partial charge is 0.0564 e. The molecule has 88 valence electrons. The summed E-state index contributed by atoms with van der Waals surface area (Å²) < 4.78 is 0. The molecule has 2 nitrogen and oxygen atoms in total. The summed E-state index contributed by atoms with van der Waals surface area (Å²) in [4.78, 5) is 2.36. The molecule has 1 fully saturated rings. The van der Waals surface area contributed by atoms with Crippen molar-refractivity contribution in [1.82, 2.24) is 4.90 Å². The topological polar surface area (TPSA) is 23.5 Å². The first kappa shape index (κ1) is 11.9. The van der Waals surface area contributed by atoms with E-state index in [9.17, 15) is 5.11 Å². The van der Waals surface area contributed by atoms with Crippen molar-refractivity contribution in [2.24, 2.45) is 0 Å². The fourth-order valence-corrected chi connectivity index (χ4v) is 2.45. The van der Waals surface area contributed by atoms with Crippen molar-refractivity contribution in [1.29, 1.82) is 0 Å². The second-order valence-corrected chi connectivity index (χ2v) is 4.95. The molecule has 1 aromatic carbocycles. The highest BCUT2D eigenvalue weighted by Gasteiger charge is 2.18. The third-order valence-corrected chi connectivity index (χ3v) is 3.65. The van der Waals surface area contributed by atoms with Crippen LogP contribution in [0.4, 0.5) is 0 Å². The van der Waals surface area contributed by atoms with Crippen molar-refractivity contribution < 1.29 is 5.11 Å². The van der Waals surface area contributed by atoms with Crippen LogP contribution in [-0.4, -0.2) is 29.2 Å². The molecule has 1 heterocycles. The largest absolute Gasteiger partial charge is 0.393 e. The predicted octanol–water partition coefficient (Wildman–Crippen LogP) is 2.61. The van der Waals surface area contributed by atoms with Crippen molar-refractivity contribution in [3.63, 3.8) is 0 Å². The highest BCUT2D eigenvalue weighted by Crippen LogP contribution is 2.22. The maximum absolute atomic E-state index is 9.45. The first-order valence-electron chi connectivity index (χ1n) is 5.81. The third kappa shape index (κ3) is 2.76. The molecule has 0 amide bonds. The summed E-state index contributed by atoms with van der Waals surface area (Å²) in [5.41, 5.74) is 2.47. The molecule has 2 rings (SSSR count). The van der Waals surface area contributed by atoms with Crippen LogP contribution < -0.4 is 0 Å². The monoisotopic (exact) mass is 239 g/mol. The number of benzene rings is 1. The summed E-state index contributed by atoms with van der Waals surface area (Å²) in [5.74, 6) is 0. The number of likely N-dealkylation sites (tertiary alicyclic amines) is 1. The van der Waals surface area contributed by atoms with Gasteiger partial charge < -0.3 is 5.11 Å². The molecule has 0 atom stereocenters. The van der Waals surface area contributed by atoms with Crippen LogP contribution in [0.25, 0.3) is 0 Å². The zero-order valence-corrected chi connectivity index (χ0v) is 10.4. The Balaban J connectivity index is 2.04. The van der Waals surface area contributed by atoms with Gasteiger partial charge in [-0.1, -0.05) is 23.7 Å². The standard InChI is InChI=1S/C13H18ClNO/c1-10-3-2-4-13(14)12(10)9-15-7-5-11(16)6-8-15/h2-4,11,16H,5-9H2,1H3. The number of piperidine rings is 1. The van der Waals surface area contributed by atoms with E-state index in [1.54, 1.807) is 0 Å². The maximum atomic E-state index is 9.45. The van der Waals surface area contributed by atoms with Crippen LogP contribution in [0.1, 0.15) is 24.0 Å². The summed E-state index contributed by atoms with van der Waals surface area (Å²) >= 11 is 6.20. The van der Waals surface area contributed by atoms with E-state index >= 15 is 0 Å². The Bertz CT molecular complexity index is 339. The van der Waals surface area contributed by atoms with Crippen LogP contribution in [0.5, 0.6) is 0 Å². The minimum Gasteiger partial charge on any atom is -0.393 e. The number of aryl methyl sites for hydroxylation is 1. The van der Waals surface area contributed by atoms with Gasteiger partial charge in [0.15, 0.2) is 0 Å². The minimum absolute atomic E-state index is 0.108. The molecule has 0 bridgehead atoms. The lowest BCUT2D eigenvalue weighted by Gasteiger charge is -2.30. The van der Waals surface area contributed by atoms with Crippen molar-refractivity contribution in [3.8, 4) is 0 Å². The van der Waals surface area contributed by atoms with E-state index in [2.05, 4.69) is 17.9 Å². The van der Waals surface area contributed by atoms with Crippen LogP contribution >= 0.6 is 11.6 Å². The normalized spacial score (nSPS) is 18.9. The van der Waals surface area contributed by atoms with Crippen molar-refractivity contribution in [3.05, 3.63) is 34.3 Å². The number of aliphatic hydroxyl groups is 1. The summed E-state index contributed by atoms with van der Waals surface area (Å²) in [5, 5.41) is 10.3. The van der Waals surface area contributed by atoms with E-state index in [4.69, 9.17) is 11.6 Å². The van der Waals surface area contributed by atoms with E-state index in [0.717, 1.165) is 37.5 Å². The van der Waals surface area contributed by atoms with Gasteiger partial charge in [-0.15, -0.1) is 0 Å². The Morgan fingerprint density at radius 2 is 2.06 bits per heavy atom. The van der Waals surface area contributed by atoms with E-state index < -0.39 is 0 Å². The summed E-state index contributed by atoms with van der Waals surface area (Å²) in [7, 11) is 0. The average Bonchev–Trinajstić information content (AvgIpc) is 2.26. The summed E-state index contributed by atoms with van der Waals surface area (Å²) in [6.07, 6.45) is 1.65. The highest BCUT2D eigenvalue weighted by molar-refractivity contribution is 6.31. The van der Waals surface area contributed by atoms with E-state index in [1.165, 1.54) is 11.1 Å². The van der Waals surface area contributed by atoms with Gasteiger partial charge in [0.1, 0.15) is 0 Å². The Hall–Kier alpha value is -0.570. The minimum atomic E-state index is -0.108. The van der Waals surface area contributed by atoms with E-state index in [1.807, 2.05) is 12.1 Å². The predicted molar refractivity (Wildman–Crippen MR) is 66.7 cm³/mol. The SMILES string of the molecule is Cc1cccc(Cl)c1CN1CCC(O)CC1. The quantitative estimate of drug-likeness (QED) is 0.858. The fourth-order valence-electron chi connectivity index (χ4n) is 2.17. The van der Waals surface area contributed by atoms with Gasteiger partial charge >= 0.3 is 0 Å². The van der Waals surface area contributed by atoms with Crippen molar-refractivity contribution in [2.45, 2.75) is 32.4 Å². The third-order valence-electron chi connectivity index (χ3n) is 3.29. The van der Waals surface area contributed by atoms with Crippen molar-refractivity contribution >= 4 is 11.6 Å². The number of hydrogen-bond donors (Lipinski definition) is 1. The second kappa shape index (κ2) is 5.17. The number of aliphatic hydroxyl groups excluding tert-OH is 1. The zero-order valence-electron chi connectivity index (χ0n) is 9.62. The molecule has 1 N–H and O–H groups in total. The molecule has 0 unspecified atom stereocenters. The first-order chi connectivity index (χ1) is 7.66. The number of nitrogens with zero attached hydrogens (tertiary/aromatic N) is 1. The van der Waals surface area contributed by atoms with Gasteiger partial charge in [0, 0.05) is 24.7 Å². The van der Waals surface area contributed by atoms with Crippen LogP contribution in [0.3, 0.4) is 0 Å². The first-order valence-corrected chi connectivity index (χ1v) is 6.19. The Kier molecular flexibility index (Phi) is 3.85. The van der Waals surface area contributed by atoms with Crippen LogP contribution in [0.2, 0.25) is 5.02 Å². The van der Waals surface area contributed by atoms with Gasteiger partial charge in [-0.25, -0.2) is 0 Å². The van der Waals surface area contributed by atoms with Gasteiger partial charge in [-0.3, -0.25) is 4.90 Å². The molecule has 1 saturated heterocycles. The lowest BCUT2D eigenvalue weighted by Crippen LogP contribution is -2.35. The molecule has 0 spiro atoms. The van der Waals surface area contributed by atoms with Crippen LogP contribution in [0, 0.1) is 6.92 Å². The fraction of sp³-hybridized carbons (Fsp3) is 0.538. The highest BCUT2D eigenvalue weighted by atomic mass is 35.5. The Morgan fingerprint density at radius 3 is 2.69 bits per heavy atom. The number of hydrogen-bond acceptors (Lipinski definition) is 2. The van der Waals surface area contributed by atoms with Gasteiger partial charge in [0.2, 0.25) is 0 Å². The summed E-state index contributed by atoms with van der Waals surface area (Å²) in [6.45, 7) is 4.93. The molecule has 0 radical (unpaired) electrons. The number of halogens is 1. The number of rotatable bonds is 2. The molecule has 0 aliphatic carbocycles. The lowest BCUT2D eigenvalue weighted by atomic mass is 10.0. The second-order valence-electron chi connectivity index (χ2n) is 4.54. The molecular formula is C13H18ClNO. The van der Waals surface area contributed by atoms with Gasteiger partial charge in [0.25, 0.3) is 0 Å².